The van der Waals surface area contributed by atoms with Gasteiger partial charge in [-0.15, -0.1) is 0 Å². The first kappa shape index (κ1) is 13.6. The van der Waals surface area contributed by atoms with E-state index in [9.17, 15) is 14.4 Å². The molecule has 7 heteroatoms. The van der Waals surface area contributed by atoms with E-state index in [1.165, 1.54) is 4.90 Å². The Kier molecular flexibility index (Phi) is 3.92. The van der Waals surface area contributed by atoms with Crippen molar-refractivity contribution in [1.82, 2.24) is 15.5 Å². The molecule has 1 saturated carbocycles. The van der Waals surface area contributed by atoms with Crippen molar-refractivity contribution >= 4 is 17.9 Å². The minimum atomic E-state index is -0.904. The summed E-state index contributed by atoms with van der Waals surface area (Å²) in [6.07, 6.45) is 3.16. The Morgan fingerprint density at radius 3 is 2.63 bits per heavy atom. The van der Waals surface area contributed by atoms with Gasteiger partial charge < -0.3 is 20.6 Å². The van der Waals surface area contributed by atoms with Crippen LogP contribution in [0.1, 0.15) is 32.1 Å². The summed E-state index contributed by atoms with van der Waals surface area (Å²) in [7, 11) is 0. The highest BCUT2D eigenvalue weighted by atomic mass is 16.4. The van der Waals surface area contributed by atoms with Crippen molar-refractivity contribution in [2.24, 2.45) is 0 Å². The molecule has 19 heavy (non-hydrogen) atoms. The summed E-state index contributed by atoms with van der Waals surface area (Å²) in [6.45, 7) is 0.938. The average Bonchev–Trinajstić information content (AvgIpc) is 2.76. The van der Waals surface area contributed by atoms with Crippen LogP contribution in [0.4, 0.5) is 4.79 Å². The van der Waals surface area contributed by atoms with Crippen molar-refractivity contribution in [3.05, 3.63) is 0 Å². The van der Waals surface area contributed by atoms with Crippen LogP contribution in [0, 0.1) is 0 Å². The molecular weight excluding hydrogens is 250 g/mol. The van der Waals surface area contributed by atoms with E-state index < -0.39 is 11.5 Å². The van der Waals surface area contributed by atoms with E-state index in [2.05, 4.69) is 10.6 Å². The molecule has 7 nitrogen and oxygen atoms in total. The number of carbonyl (C=O) groups excluding carboxylic acids is 2. The molecule has 0 spiro atoms. The predicted molar refractivity (Wildman–Crippen MR) is 66.6 cm³/mol. The highest BCUT2D eigenvalue weighted by Gasteiger charge is 2.38. The molecule has 0 unspecified atom stereocenters. The molecule has 2 aliphatic rings. The number of aliphatic carboxylic acids is 1. The van der Waals surface area contributed by atoms with Crippen molar-refractivity contribution in [3.8, 4) is 0 Å². The minimum Gasteiger partial charge on any atom is -0.481 e. The summed E-state index contributed by atoms with van der Waals surface area (Å²) in [5, 5.41) is 14.5. The second-order valence-corrected chi connectivity index (χ2v) is 5.26. The van der Waals surface area contributed by atoms with E-state index in [-0.39, 0.29) is 24.9 Å². The SMILES string of the molecule is O=C(O)CC1(NC(=O)N2CCNC(=O)C2)CCCC1. The van der Waals surface area contributed by atoms with E-state index in [0.29, 0.717) is 25.9 Å². The molecule has 0 atom stereocenters. The number of amides is 3. The zero-order valence-electron chi connectivity index (χ0n) is 10.8. The van der Waals surface area contributed by atoms with Gasteiger partial charge in [0.1, 0.15) is 6.54 Å². The van der Waals surface area contributed by atoms with E-state index in [0.717, 1.165) is 12.8 Å². The van der Waals surface area contributed by atoms with Crippen LogP contribution in [0.25, 0.3) is 0 Å². The number of hydrogen-bond donors (Lipinski definition) is 3. The van der Waals surface area contributed by atoms with Crippen molar-refractivity contribution in [2.45, 2.75) is 37.6 Å². The monoisotopic (exact) mass is 269 g/mol. The van der Waals surface area contributed by atoms with E-state index in [1.807, 2.05) is 0 Å². The van der Waals surface area contributed by atoms with Crippen LogP contribution in [0.15, 0.2) is 0 Å². The molecule has 3 amide bonds. The first-order valence-corrected chi connectivity index (χ1v) is 6.56. The predicted octanol–water partition coefficient (Wildman–Crippen LogP) is -0.0847. The lowest BCUT2D eigenvalue weighted by atomic mass is 9.93. The van der Waals surface area contributed by atoms with Crippen molar-refractivity contribution < 1.29 is 19.5 Å². The third kappa shape index (κ3) is 3.36. The lowest BCUT2D eigenvalue weighted by Crippen LogP contribution is -2.58. The molecule has 1 aliphatic heterocycles. The third-order valence-corrected chi connectivity index (χ3v) is 3.75. The van der Waals surface area contributed by atoms with Crippen LogP contribution in [0.2, 0.25) is 0 Å². The van der Waals surface area contributed by atoms with Gasteiger partial charge in [0.2, 0.25) is 5.91 Å². The molecular formula is C12H19N3O4. The second kappa shape index (κ2) is 5.46. The first-order chi connectivity index (χ1) is 9.01. The summed E-state index contributed by atoms with van der Waals surface area (Å²) < 4.78 is 0. The van der Waals surface area contributed by atoms with Gasteiger partial charge in [0.05, 0.1) is 12.0 Å². The highest BCUT2D eigenvalue weighted by molar-refractivity contribution is 5.85. The van der Waals surface area contributed by atoms with Crippen LogP contribution in [0.3, 0.4) is 0 Å². The molecule has 0 bridgehead atoms. The Hall–Kier alpha value is -1.79. The van der Waals surface area contributed by atoms with Crippen molar-refractivity contribution in [2.75, 3.05) is 19.6 Å². The number of nitrogens with one attached hydrogen (secondary N) is 2. The van der Waals surface area contributed by atoms with Gasteiger partial charge in [-0.05, 0) is 12.8 Å². The topological polar surface area (TPSA) is 98.7 Å². The molecule has 0 aromatic carbocycles. The zero-order valence-corrected chi connectivity index (χ0v) is 10.8. The Labute approximate surface area is 111 Å². The number of hydrogen-bond acceptors (Lipinski definition) is 3. The van der Waals surface area contributed by atoms with Crippen LogP contribution < -0.4 is 10.6 Å². The van der Waals surface area contributed by atoms with Gasteiger partial charge in [0.25, 0.3) is 0 Å². The number of piperazine rings is 1. The highest BCUT2D eigenvalue weighted by Crippen LogP contribution is 2.32. The molecule has 1 aliphatic carbocycles. The second-order valence-electron chi connectivity index (χ2n) is 5.26. The summed E-state index contributed by atoms with van der Waals surface area (Å²) in [5.74, 6) is -1.08. The summed E-state index contributed by atoms with van der Waals surface area (Å²) >= 11 is 0. The lowest BCUT2D eigenvalue weighted by molar-refractivity contribution is -0.138. The Balaban J connectivity index is 1.98. The quantitative estimate of drug-likeness (QED) is 0.667. The maximum Gasteiger partial charge on any atom is 0.318 e. The fourth-order valence-corrected chi connectivity index (χ4v) is 2.81. The van der Waals surface area contributed by atoms with E-state index in [1.54, 1.807) is 0 Å². The largest absolute Gasteiger partial charge is 0.481 e. The lowest BCUT2D eigenvalue weighted by Gasteiger charge is -2.34. The third-order valence-electron chi connectivity index (χ3n) is 3.75. The first-order valence-electron chi connectivity index (χ1n) is 6.56. The Morgan fingerprint density at radius 2 is 2.05 bits per heavy atom. The molecule has 2 rings (SSSR count). The molecule has 3 N–H and O–H groups in total. The standard InChI is InChI=1S/C12H19N3O4/c16-9-8-15(6-5-13-9)11(19)14-12(7-10(17)18)3-1-2-4-12/h1-8H2,(H,13,16)(H,14,19)(H,17,18). The number of carboxylic acid groups (broad SMARTS) is 1. The van der Waals surface area contributed by atoms with Crippen LogP contribution in [-0.2, 0) is 9.59 Å². The molecule has 0 radical (unpaired) electrons. The van der Waals surface area contributed by atoms with Gasteiger partial charge in [-0.2, -0.15) is 0 Å². The number of carboxylic acids is 1. The molecule has 0 aromatic rings. The summed E-state index contributed by atoms with van der Waals surface area (Å²) in [5.41, 5.74) is -0.642. The van der Waals surface area contributed by atoms with Gasteiger partial charge >= 0.3 is 12.0 Å². The molecule has 2 fully saturated rings. The fourth-order valence-electron chi connectivity index (χ4n) is 2.81. The Morgan fingerprint density at radius 1 is 1.37 bits per heavy atom. The van der Waals surface area contributed by atoms with Gasteiger partial charge in [0, 0.05) is 13.1 Å². The van der Waals surface area contributed by atoms with Gasteiger partial charge in [-0.1, -0.05) is 12.8 Å². The summed E-state index contributed by atoms with van der Waals surface area (Å²) in [4.78, 5) is 35.7. The molecule has 0 aromatic heterocycles. The molecule has 106 valence electrons. The van der Waals surface area contributed by atoms with Gasteiger partial charge in [0.15, 0.2) is 0 Å². The number of urea groups is 1. The fraction of sp³-hybridized carbons (Fsp3) is 0.750. The van der Waals surface area contributed by atoms with Crippen molar-refractivity contribution in [1.29, 1.82) is 0 Å². The minimum absolute atomic E-state index is 0.0367. The average molecular weight is 269 g/mol. The summed E-state index contributed by atoms with van der Waals surface area (Å²) in [6, 6.07) is -0.335. The number of carbonyl (C=O) groups is 3. The Bertz CT molecular complexity index is 390. The number of rotatable bonds is 3. The smallest absolute Gasteiger partial charge is 0.318 e. The van der Waals surface area contributed by atoms with Crippen molar-refractivity contribution in [3.63, 3.8) is 0 Å². The molecule has 1 saturated heterocycles. The molecule has 1 heterocycles. The van der Waals surface area contributed by atoms with Crippen LogP contribution in [-0.4, -0.2) is 53.1 Å². The maximum atomic E-state index is 12.1. The normalized spacial score (nSPS) is 21.9. The number of nitrogens with zero attached hydrogens (tertiary/aromatic N) is 1. The van der Waals surface area contributed by atoms with Crippen LogP contribution >= 0.6 is 0 Å². The zero-order chi connectivity index (χ0) is 13.9. The van der Waals surface area contributed by atoms with E-state index in [4.69, 9.17) is 5.11 Å². The van der Waals surface area contributed by atoms with Crippen LogP contribution in [0.5, 0.6) is 0 Å². The van der Waals surface area contributed by atoms with Gasteiger partial charge in [-0.25, -0.2) is 4.79 Å². The van der Waals surface area contributed by atoms with Gasteiger partial charge in [-0.3, -0.25) is 9.59 Å². The van der Waals surface area contributed by atoms with E-state index >= 15 is 0 Å². The maximum absolute atomic E-state index is 12.1.